The second kappa shape index (κ2) is 6.05. The zero-order valence-corrected chi connectivity index (χ0v) is 13.4. The van der Waals surface area contributed by atoms with Gasteiger partial charge in [-0.3, -0.25) is 0 Å². The van der Waals surface area contributed by atoms with Crippen LogP contribution in [-0.2, 0) is 10.0 Å². The molecule has 2 aromatic rings. The number of aryl methyl sites for hydroxylation is 1. The molecule has 0 heterocycles. The SMILES string of the molecule is Cc1ccccc1C(C)NS(=O)(=O)c1ccc(N)c(Cl)c1. The second-order valence-electron chi connectivity index (χ2n) is 4.88. The third-order valence-corrected chi connectivity index (χ3v) is 5.13. The second-order valence-corrected chi connectivity index (χ2v) is 7.00. The van der Waals surface area contributed by atoms with E-state index >= 15 is 0 Å². The first-order chi connectivity index (χ1) is 9.81. The zero-order valence-electron chi connectivity index (χ0n) is 11.8. The third-order valence-electron chi connectivity index (χ3n) is 3.27. The maximum atomic E-state index is 12.4. The molecule has 4 nitrogen and oxygen atoms in total. The van der Waals surface area contributed by atoms with E-state index in [9.17, 15) is 8.42 Å². The molecule has 1 atom stereocenters. The number of benzene rings is 2. The van der Waals surface area contributed by atoms with Crippen LogP contribution in [0.5, 0.6) is 0 Å². The van der Waals surface area contributed by atoms with Crippen molar-refractivity contribution in [1.29, 1.82) is 0 Å². The summed E-state index contributed by atoms with van der Waals surface area (Å²) in [4.78, 5) is 0.0992. The topological polar surface area (TPSA) is 72.2 Å². The molecule has 0 bridgehead atoms. The molecule has 0 aliphatic rings. The maximum Gasteiger partial charge on any atom is 0.241 e. The highest BCUT2D eigenvalue weighted by atomic mass is 35.5. The molecule has 0 aliphatic carbocycles. The first-order valence-electron chi connectivity index (χ1n) is 6.44. The Bertz CT molecular complexity index is 760. The number of hydrogen-bond donors (Lipinski definition) is 2. The van der Waals surface area contributed by atoms with Crippen molar-refractivity contribution in [3.8, 4) is 0 Å². The third kappa shape index (κ3) is 3.56. The van der Waals surface area contributed by atoms with Crippen LogP contribution in [0, 0.1) is 6.92 Å². The molecular weight excluding hydrogens is 308 g/mol. The van der Waals surface area contributed by atoms with Gasteiger partial charge in [0.15, 0.2) is 0 Å². The number of nitrogen functional groups attached to an aromatic ring is 1. The largest absolute Gasteiger partial charge is 0.398 e. The van der Waals surface area contributed by atoms with Gasteiger partial charge in [0.25, 0.3) is 0 Å². The number of sulfonamides is 1. The van der Waals surface area contributed by atoms with Crippen molar-refractivity contribution in [1.82, 2.24) is 4.72 Å². The fourth-order valence-corrected chi connectivity index (χ4v) is 3.61. The van der Waals surface area contributed by atoms with Crippen LogP contribution in [0.2, 0.25) is 5.02 Å². The van der Waals surface area contributed by atoms with Gasteiger partial charge in [0.1, 0.15) is 0 Å². The van der Waals surface area contributed by atoms with Gasteiger partial charge in [0, 0.05) is 6.04 Å². The first-order valence-corrected chi connectivity index (χ1v) is 8.30. The lowest BCUT2D eigenvalue weighted by molar-refractivity contribution is 0.566. The Morgan fingerprint density at radius 1 is 1.19 bits per heavy atom. The summed E-state index contributed by atoms with van der Waals surface area (Å²) in [6.45, 7) is 3.75. The molecule has 0 aromatic heterocycles. The molecule has 0 radical (unpaired) electrons. The quantitative estimate of drug-likeness (QED) is 0.848. The van der Waals surface area contributed by atoms with Crippen molar-refractivity contribution < 1.29 is 8.42 Å². The van der Waals surface area contributed by atoms with Crippen molar-refractivity contribution in [2.75, 3.05) is 5.73 Å². The molecule has 0 spiro atoms. The van der Waals surface area contributed by atoms with E-state index in [1.54, 1.807) is 6.92 Å². The molecule has 2 rings (SSSR count). The minimum Gasteiger partial charge on any atom is -0.398 e. The smallest absolute Gasteiger partial charge is 0.241 e. The number of nitrogens with two attached hydrogens (primary N) is 1. The van der Waals surface area contributed by atoms with Crippen LogP contribution in [0.1, 0.15) is 24.1 Å². The van der Waals surface area contributed by atoms with Gasteiger partial charge in [-0.2, -0.15) is 0 Å². The van der Waals surface area contributed by atoms with Gasteiger partial charge in [-0.25, -0.2) is 13.1 Å². The molecule has 3 N–H and O–H groups in total. The number of anilines is 1. The van der Waals surface area contributed by atoms with Gasteiger partial charge in [0.2, 0.25) is 10.0 Å². The van der Waals surface area contributed by atoms with Crippen molar-refractivity contribution >= 4 is 27.3 Å². The Kier molecular flexibility index (Phi) is 4.56. The molecule has 0 aliphatic heterocycles. The van der Waals surface area contributed by atoms with Crippen molar-refractivity contribution in [3.05, 3.63) is 58.6 Å². The summed E-state index contributed by atoms with van der Waals surface area (Å²) in [6.07, 6.45) is 0. The summed E-state index contributed by atoms with van der Waals surface area (Å²) in [5.41, 5.74) is 7.91. The average molecular weight is 325 g/mol. The number of nitrogens with one attached hydrogen (secondary N) is 1. The molecule has 112 valence electrons. The van der Waals surface area contributed by atoms with Gasteiger partial charge in [-0.15, -0.1) is 0 Å². The van der Waals surface area contributed by atoms with Crippen molar-refractivity contribution in [2.24, 2.45) is 0 Å². The van der Waals surface area contributed by atoms with E-state index in [2.05, 4.69) is 4.72 Å². The summed E-state index contributed by atoms with van der Waals surface area (Å²) in [7, 11) is -3.65. The highest BCUT2D eigenvalue weighted by Gasteiger charge is 2.19. The Morgan fingerprint density at radius 3 is 2.48 bits per heavy atom. The Balaban J connectivity index is 2.29. The van der Waals surface area contributed by atoms with Crippen LogP contribution in [0.3, 0.4) is 0 Å². The van der Waals surface area contributed by atoms with E-state index in [1.807, 2.05) is 31.2 Å². The van der Waals surface area contributed by atoms with E-state index in [0.717, 1.165) is 11.1 Å². The van der Waals surface area contributed by atoms with Gasteiger partial charge < -0.3 is 5.73 Å². The van der Waals surface area contributed by atoms with Gasteiger partial charge in [-0.05, 0) is 43.2 Å². The number of halogens is 1. The summed E-state index contributed by atoms with van der Waals surface area (Å²) >= 11 is 5.88. The molecular formula is C15H17ClN2O2S. The summed E-state index contributed by atoms with van der Waals surface area (Å²) < 4.78 is 27.4. The molecule has 6 heteroatoms. The Labute approximate surface area is 130 Å². The van der Waals surface area contributed by atoms with Crippen molar-refractivity contribution in [3.63, 3.8) is 0 Å². The van der Waals surface area contributed by atoms with E-state index in [-0.39, 0.29) is 16.0 Å². The minimum atomic E-state index is -3.65. The van der Waals surface area contributed by atoms with E-state index in [1.165, 1.54) is 18.2 Å². The monoisotopic (exact) mass is 324 g/mol. The molecule has 0 fully saturated rings. The molecule has 0 saturated heterocycles. The van der Waals surface area contributed by atoms with E-state index < -0.39 is 10.0 Å². The van der Waals surface area contributed by atoms with Crippen molar-refractivity contribution in [2.45, 2.75) is 24.8 Å². The zero-order chi connectivity index (χ0) is 15.6. The Morgan fingerprint density at radius 2 is 1.86 bits per heavy atom. The molecule has 0 amide bonds. The fraction of sp³-hybridized carbons (Fsp3) is 0.200. The van der Waals surface area contributed by atoms with Gasteiger partial charge >= 0.3 is 0 Å². The summed E-state index contributed by atoms with van der Waals surface area (Å²) in [5, 5.41) is 0.224. The summed E-state index contributed by atoms with van der Waals surface area (Å²) in [6, 6.07) is 11.6. The predicted octanol–water partition coefficient (Wildman–Crippen LogP) is 3.27. The van der Waals surface area contributed by atoms with Crippen LogP contribution >= 0.6 is 11.6 Å². The van der Waals surface area contributed by atoms with Crippen LogP contribution in [-0.4, -0.2) is 8.42 Å². The van der Waals surface area contributed by atoms with Gasteiger partial charge in [-0.1, -0.05) is 35.9 Å². The highest BCUT2D eigenvalue weighted by molar-refractivity contribution is 7.89. The minimum absolute atomic E-state index is 0.0992. The standard InChI is InChI=1S/C15H17ClN2O2S/c1-10-5-3-4-6-13(10)11(2)18-21(19,20)12-7-8-15(17)14(16)9-12/h3-9,11,18H,17H2,1-2H3. The van der Waals surface area contributed by atoms with Crippen LogP contribution in [0.4, 0.5) is 5.69 Å². The van der Waals surface area contributed by atoms with Crippen LogP contribution in [0.15, 0.2) is 47.4 Å². The number of rotatable bonds is 4. The Hall–Kier alpha value is -1.56. The first kappa shape index (κ1) is 15.8. The highest BCUT2D eigenvalue weighted by Crippen LogP contribution is 2.24. The molecule has 21 heavy (non-hydrogen) atoms. The normalized spacial score (nSPS) is 13.1. The van der Waals surface area contributed by atoms with E-state index in [4.69, 9.17) is 17.3 Å². The maximum absolute atomic E-state index is 12.4. The molecule has 2 aromatic carbocycles. The fourth-order valence-electron chi connectivity index (χ4n) is 2.11. The van der Waals surface area contributed by atoms with Crippen LogP contribution < -0.4 is 10.5 Å². The number of hydrogen-bond acceptors (Lipinski definition) is 3. The average Bonchev–Trinajstić information content (AvgIpc) is 2.41. The predicted molar refractivity (Wildman–Crippen MR) is 85.8 cm³/mol. The molecule has 0 saturated carbocycles. The molecule has 1 unspecified atom stereocenters. The lowest BCUT2D eigenvalue weighted by Gasteiger charge is -2.17. The van der Waals surface area contributed by atoms with Gasteiger partial charge in [0.05, 0.1) is 15.6 Å². The lowest BCUT2D eigenvalue weighted by atomic mass is 10.0. The van der Waals surface area contributed by atoms with E-state index in [0.29, 0.717) is 5.69 Å². The van der Waals surface area contributed by atoms with Crippen LogP contribution in [0.25, 0.3) is 0 Å². The summed E-state index contributed by atoms with van der Waals surface area (Å²) in [5.74, 6) is 0. The lowest BCUT2D eigenvalue weighted by Crippen LogP contribution is -2.27.